The van der Waals surface area contributed by atoms with Crippen LogP contribution in [-0.4, -0.2) is 17.0 Å². The summed E-state index contributed by atoms with van der Waals surface area (Å²) in [5.41, 5.74) is 10.4. The Bertz CT molecular complexity index is 679. The van der Waals surface area contributed by atoms with Crippen LogP contribution in [0.4, 0.5) is 11.6 Å². The fourth-order valence-electron chi connectivity index (χ4n) is 2.21. The van der Waals surface area contributed by atoms with Crippen molar-refractivity contribution in [3.63, 3.8) is 0 Å². The summed E-state index contributed by atoms with van der Waals surface area (Å²) in [4.78, 5) is 9.00. The molecule has 4 nitrogen and oxygen atoms in total. The van der Waals surface area contributed by atoms with Crippen LogP contribution in [0.25, 0.3) is 22.5 Å². The monoisotopic (exact) mass is 276 g/mol. The van der Waals surface area contributed by atoms with Gasteiger partial charge in [-0.3, -0.25) is 0 Å². The number of hydrogen-bond donors (Lipinski definition) is 2. The number of nitrogens with one attached hydrogen (secondary N) is 1. The summed E-state index contributed by atoms with van der Waals surface area (Å²) >= 11 is 0. The van der Waals surface area contributed by atoms with Crippen LogP contribution < -0.4 is 11.1 Å². The van der Waals surface area contributed by atoms with Gasteiger partial charge in [-0.05, 0) is 0 Å². The van der Waals surface area contributed by atoms with Crippen LogP contribution in [0.5, 0.6) is 0 Å². The molecule has 0 amide bonds. The number of anilines is 2. The van der Waals surface area contributed by atoms with Crippen molar-refractivity contribution >= 4 is 11.6 Å². The quantitative estimate of drug-likeness (QED) is 0.769. The van der Waals surface area contributed by atoms with Gasteiger partial charge in [0.25, 0.3) is 0 Å². The minimum Gasteiger partial charge on any atom is -0.395 e. The van der Waals surface area contributed by atoms with E-state index in [1.54, 1.807) is 7.05 Å². The summed E-state index contributed by atoms with van der Waals surface area (Å²) in [5, 5.41) is 3.00. The zero-order valence-electron chi connectivity index (χ0n) is 11.7. The molecular weight excluding hydrogens is 260 g/mol. The number of nitrogens with two attached hydrogens (primary N) is 1. The lowest BCUT2D eigenvalue weighted by molar-refractivity contribution is 1.16. The van der Waals surface area contributed by atoms with Gasteiger partial charge in [-0.15, -0.1) is 0 Å². The second-order valence-corrected chi connectivity index (χ2v) is 4.64. The number of nitrogens with zero attached hydrogens (tertiary/aromatic N) is 2. The van der Waals surface area contributed by atoms with Crippen LogP contribution in [0, 0.1) is 0 Å². The van der Waals surface area contributed by atoms with Crippen LogP contribution in [0.15, 0.2) is 60.7 Å². The van der Waals surface area contributed by atoms with Gasteiger partial charge in [-0.2, -0.15) is 0 Å². The molecule has 21 heavy (non-hydrogen) atoms. The Morgan fingerprint density at radius 1 is 0.762 bits per heavy atom. The first-order valence-electron chi connectivity index (χ1n) is 6.75. The lowest BCUT2D eigenvalue weighted by atomic mass is 10.1. The van der Waals surface area contributed by atoms with Gasteiger partial charge in [0, 0.05) is 18.2 Å². The van der Waals surface area contributed by atoms with E-state index in [9.17, 15) is 0 Å². The zero-order chi connectivity index (χ0) is 14.7. The molecule has 2 aromatic carbocycles. The van der Waals surface area contributed by atoms with Crippen molar-refractivity contribution in [2.75, 3.05) is 18.1 Å². The number of nitrogen functional groups attached to an aromatic ring is 1. The average Bonchev–Trinajstić information content (AvgIpc) is 2.57. The standard InChI is InChI=1S/C17H16N4/c1-19-17-20-15(12-8-4-2-5-9-12)14(18)16(21-17)13-10-6-3-7-11-13/h2-11H,18H2,1H3,(H,19,20,21). The molecular formula is C17H16N4. The molecule has 4 heteroatoms. The van der Waals surface area contributed by atoms with E-state index in [-0.39, 0.29) is 0 Å². The first-order valence-corrected chi connectivity index (χ1v) is 6.75. The summed E-state index contributed by atoms with van der Waals surface area (Å²) in [6.45, 7) is 0. The van der Waals surface area contributed by atoms with Crippen molar-refractivity contribution in [3.8, 4) is 22.5 Å². The lowest BCUT2D eigenvalue weighted by Gasteiger charge is -2.12. The Balaban J connectivity index is 2.23. The summed E-state index contributed by atoms with van der Waals surface area (Å²) in [6, 6.07) is 19.8. The van der Waals surface area contributed by atoms with Crippen LogP contribution in [0.3, 0.4) is 0 Å². The summed E-state index contributed by atoms with van der Waals surface area (Å²) in [5.74, 6) is 0.557. The van der Waals surface area contributed by atoms with Crippen molar-refractivity contribution in [2.45, 2.75) is 0 Å². The molecule has 0 radical (unpaired) electrons. The minimum absolute atomic E-state index is 0.557. The highest BCUT2D eigenvalue weighted by Gasteiger charge is 2.14. The molecule has 0 fully saturated rings. The van der Waals surface area contributed by atoms with E-state index in [2.05, 4.69) is 15.3 Å². The molecule has 1 aromatic heterocycles. The molecule has 3 rings (SSSR count). The van der Waals surface area contributed by atoms with E-state index in [0.29, 0.717) is 11.6 Å². The number of hydrogen-bond acceptors (Lipinski definition) is 4. The molecule has 0 bridgehead atoms. The minimum atomic E-state index is 0.557. The third kappa shape index (κ3) is 2.56. The molecule has 104 valence electrons. The van der Waals surface area contributed by atoms with E-state index < -0.39 is 0 Å². The van der Waals surface area contributed by atoms with Crippen LogP contribution in [0.2, 0.25) is 0 Å². The van der Waals surface area contributed by atoms with Crippen molar-refractivity contribution in [1.82, 2.24) is 9.97 Å². The topological polar surface area (TPSA) is 63.8 Å². The maximum absolute atomic E-state index is 6.32. The summed E-state index contributed by atoms with van der Waals surface area (Å²) < 4.78 is 0. The average molecular weight is 276 g/mol. The van der Waals surface area contributed by atoms with Gasteiger partial charge in [-0.25, -0.2) is 9.97 Å². The second-order valence-electron chi connectivity index (χ2n) is 4.64. The molecule has 0 aliphatic carbocycles. The number of rotatable bonds is 3. The molecule has 3 N–H and O–H groups in total. The highest BCUT2D eigenvalue weighted by molar-refractivity contribution is 5.85. The highest BCUT2D eigenvalue weighted by Crippen LogP contribution is 2.32. The Labute approximate surface area is 123 Å². The fourth-order valence-corrected chi connectivity index (χ4v) is 2.21. The fraction of sp³-hybridized carbons (Fsp3) is 0.0588. The first kappa shape index (κ1) is 13.1. The predicted octanol–water partition coefficient (Wildman–Crippen LogP) is 3.43. The molecule has 0 atom stereocenters. The van der Waals surface area contributed by atoms with Crippen LogP contribution in [-0.2, 0) is 0 Å². The third-order valence-electron chi connectivity index (χ3n) is 3.26. The Kier molecular flexibility index (Phi) is 3.51. The molecule has 1 heterocycles. The van der Waals surface area contributed by atoms with Gasteiger partial charge >= 0.3 is 0 Å². The molecule has 0 unspecified atom stereocenters. The summed E-state index contributed by atoms with van der Waals surface area (Å²) in [7, 11) is 1.80. The van der Waals surface area contributed by atoms with Gasteiger partial charge in [0.05, 0.1) is 17.1 Å². The molecule has 0 spiro atoms. The molecule has 0 saturated heterocycles. The van der Waals surface area contributed by atoms with E-state index in [0.717, 1.165) is 22.5 Å². The zero-order valence-corrected chi connectivity index (χ0v) is 11.7. The smallest absolute Gasteiger partial charge is 0.223 e. The molecule has 0 saturated carbocycles. The number of aromatic nitrogens is 2. The molecule has 0 aliphatic heterocycles. The van der Waals surface area contributed by atoms with Gasteiger partial charge in [0.15, 0.2) is 0 Å². The van der Waals surface area contributed by atoms with Crippen molar-refractivity contribution < 1.29 is 0 Å². The van der Waals surface area contributed by atoms with Crippen molar-refractivity contribution in [2.24, 2.45) is 0 Å². The molecule has 0 aliphatic rings. The normalized spacial score (nSPS) is 10.3. The van der Waals surface area contributed by atoms with Crippen molar-refractivity contribution in [1.29, 1.82) is 0 Å². The summed E-state index contributed by atoms with van der Waals surface area (Å²) in [6.07, 6.45) is 0. The van der Waals surface area contributed by atoms with E-state index in [1.165, 1.54) is 0 Å². The molecule has 3 aromatic rings. The highest BCUT2D eigenvalue weighted by atomic mass is 15.1. The van der Waals surface area contributed by atoms with Gasteiger partial charge < -0.3 is 11.1 Å². The van der Waals surface area contributed by atoms with E-state index >= 15 is 0 Å². The van der Waals surface area contributed by atoms with E-state index in [4.69, 9.17) is 5.73 Å². The Hall–Kier alpha value is -2.88. The maximum Gasteiger partial charge on any atom is 0.223 e. The van der Waals surface area contributed by atoms with Crippen molar-refractivity contribution in [3.05, 3.63) is 60.7 Å². The number of benzene rings is 2. The van der Waals surface area contributed by atoms with Gasteiger partial charge in [-0.1, -0.05) is 60.7 Å². The van der Waals surface area contributed by atoms with Gasteiger partial charge in [0.2, 0.25) is 5.95 Å². The lowest BCUT2D eigenvalue weighted by Crippen LogP contribution is -2.04. The SMILES string of the molecule is CNc1nc(-c2ccccc2)c(N)c(-c2ccccc2)n1. The largest absolute Gasteiger partial charge is 0.395 e. The Morgan fingerprint density at radius 2 is 1.19 bits per heavy atom. The first-order chi connectivity index (χ1) is 10.3. The third-order valence-corrected chi connectivity index (χ3v) is 3.26. The van der Waals surface area contributed by atoms with Gasteiger partial charge in [0.1, 0.15) is 0 Å². The Morgan fingerprint density at radius 3 is 1.57 bits per heavy atom. The van der Waals surface area contributed by atoms with E-state index in [1.807, 2.05) is 60.7 Å². The second kappa shape index (κ2) is 5.63. The van der Waals surface area contributed by atoms with Crippen LogP contribution in [0.1, 0.15) is 0 Å². The van der Waals surface area contributed by atoms with Crippen LogP contribution >= 0.6 is 0 Å². The maximum atomic E-state index is 6.32. The predicted molar refractivity (Wildman–Crippen MR) is 86.9 cm³/mol.